The monoisotopic (exact) mass is 293 g/mol. The number of piperidine rings is 1. The lowest BCUT2D eigenvalue weighted by molar-refractivity contribution is -0.105. The molecule has 0 amide bonds. The van der Waals surface area contributed by atoms with Crippen molar-refractivity contribution >= 4 is 10.0 Å². The average Bonchev–Trinajstić information content (AvgIpc) is 2.28. The highest BCUT2D eigenvalue weighted by Gasteiger charge is 2.33. The van der Waals surface area contributed by atoms with Crippen LogP contribution >= 0.6 is 0 Å². The second-order valence-electron chi connectivity index (χ2n) is 5.92. The van der Waals surface area contributed by atoms with Crippen molar-refractivity contribution in [3.63, 3.8) is 0 Å². The van der Waals surface area contributed by atoms with E-state index in [1.165, 1.54) is 10.6 Å². The van der Waals surface area contributed by atoms with Crippen molar-refractivity contribution in [2.75, 3.05) is 26.0 Å². The number of aliphatic hydroxyl groups excluding tert-OH is 1. The van der Waals surface area contributed by atoms with Gasteiger partial charge in [0.25, 0.3) is 0 Å². The third kappa shape index (κ3) is 5.02. The van der Waals surface area contributed by atoms with Gasteiger partial charge in [0.15, 0.2) is 0 Å². The molecule has 5 nitrogen and oxygen atoms in total. The lowest BCUT2D eigenvalue weighted by atomic mass is 9.87. The number of nitrogens with zero attached hydrogens (tertiary/aromatic N) is 1. The van der Waals surface area contributed by atoms with Crippen LogP contribution < -0.4 is 0 Å². The Hall–Kier alpha value is -0.170. The number of aliphatic hydroxyl groups is 1. The Labute approximate surface area is 117 Å². The fraction of sp³-hybridized carbons (Fsp3) is 1.00. The highest BCUT2D eigenvalue weighted by Crippen LogP contribution is 2.27. The van der Waals surface area contributed by atoms with Crippen molar-refractivity contribution < 1.29 is 18.3 Å². The Bertz CT molecular complexity index is 380. The van der Waals surface area contributed by atoms with Crippen molar-refractivity contribution in [1.82, 2.24) is 4.31 Å². The predicted octanol–water partition coefficient (Wildman–Crippen LogP) is 1.22. The molecule has 6 heteroatoms. The van der Waals surface area contributed by atoms with Gasteiger partial charge in [-0.05, 0) is 46.0 Å². The van der Waals surface area contributed by atoms with E-state index < -0.39 is 21.7 Å². The maximum atomic E-state index is 11.6. The second kappa shape index (κ2) is 6.52. The van der Waals surface area contributed by atoms with Crippen molar-refractivity contribution in [2.24, 2.45) is 5.92 Å². The van der Waals surface area contributed by atoms with Crippen LogP contribution in [0.15, 0.2) is 0 Å². The number of ether oxygens (including phenoxy) is 1. The summed E-state index contributed by atoms with van der Waals surface area (Å²) in [6, 6.07) is 0. The molecule has 0 aliphatic carbocycles. The minimum Gasteiger partial charge on any atom is -0.390 e. The van der Waals surface area contributed by atoms with E-state index in [2.05, 4.69) is 0 Å². The van der Waals surface area contributed by atoms with Crippen molar-refractivity contribution in [3.8, 4) is 0 Å². The Morgan fingerprint density at radius 1 is 1.47 bits per heavy atom. The predicted molar refractivity (Wildman–Crippen MR) is 75.5 cm³/mol. The molecule has 19 heavy (non-hydrogen) atoms. The normalized spacial score (nSPS) is 24.4. The van der Waals surface area contributed by atoms with E-state index in [0.29, 0.717) is 26.1 Å². The number of hydrogen-bond acceptors (Lipinski definition) is 4. The van der Waals surface area contributed by atoms with Crippen LogP contribution in [0, 0.1) is 5.92 Å². The Kier molecular flexibility index (Phi) is 5.79. The zero-order valence-electron chi connectivity index (χ0n) is 12.4. The number of hydrogen-bond donors (Lipinski definition) is 1. The molecule has 0 radical (unpaired) electrons. The SMILES string of the molecule is CCOC(C)(C)C(O)CC1CCCN(S(C)(=O)=O)C1. The zero-order chi connectivity index (χ0) is 14.7. The summed E-state index contributed by atoms with van der Waals surface area (Å²) < 4.78 is 30.2. The summed E-state index contributed by atoms with van der Waals surface area (Å²) >= 11 is 0. The maximum Gasteiger partial charge on any atom is 0.211 e. The van der Waals surface area contributed by atoms with Gasteiger partial charge in [0.1, 0.15) is 0 Å². The van der Waals surface area contributed by atoms with Crippen LogP contribution in [-0.4, -0.2) is 55.5 Å². The molecule has 0 aromatic rings. The molecule has 0 bridgehead atoms. The molecule has 1 aliphatic rings. The van der Waals surface area contributed by atoms with Gasteiger partial charge in [-0.15, -0.1) is 0 Å². The van der Waals surface area contributed by atoms with Crippen LogP contribution in [0.3, 0.4) is 0 Å². The topological polar surface area (TPSA) is 66.8 Å². The van der Waals surface area contributed by atoms with E-state index in [4.69, 9.17) is 4.74 Å². The van der Waals surface area contributed by atoms with Gasteiger partial charge in [0.05, 0.1) is 18.0 Å². The van der Waals surface area contributed by atoms with E-state index in [1.807, 2.05) is 20.8 Å². The molecule has 1 fully saturated rings. The lowest BCUT2D eigenvalue weighted by Gasteiger charge is -2.36. The van der Waals surface area contributed by atoms with Crippen LogP contribution in [0.4, 0.5) is 0 Å². The number of sulfonamides is 1. The van der Waals surface area contributed by atoms with Gasteiger partial charge in [0.2, 0.25) is 10.0 Å². The van der Waals surface area contributed by atoms with Gasteiger partial charge >= 0.3 is 0 Å². The first-order valence-corrected chi connectivity index (χ1v) is 8.78. The van der Waals surface area contributed by atoms with Gasteiger partial charge in [0, 0.05) is 19.7 Å². The standard InChI is InChI=1S/C13H27NO4S/c1-5-18-13(2,3)12(15)9-11-7-6-8-14(10-11)19(4,16)17/h11-12,15H,5-10H2,1-4H3. The van der Waals surface area contributed by atoms with Crippen molar-refractivity contribution in [1.29, 1.82) is 0 Å². The van der Waals surface area contributed by atoms with Gasteiger partial charge in [-0.3, -0.25) is 0 Å². The molecule has 0 saturated carbocycles. The summed E-state index contributed by atoms with van der Waals surface area (Å²) in [4.78, 5) is 0. The first-order chi connectivity index (χ1) is 8.66. The molecular weight excluding hydrogens is 266 g/mol. The van der Waals surface area contributed by atoms with Gasteiger partial charge in [-0.25, -0.2) is 12.7 Å². The first kappa shape index (κ1) is 16.9. The highest BCUT2D eigenvalue weighted by molar-refractivity contribution is 7.88. The number of rotatable bonds is 6. The Balaban J connectivity index is 2.57. The molecule has 0 aromatic carbocycles. The van der Waals surface area contributed by atoms with Gasteiger partial charge in [-0.1, -0.05) is 0 Å². The van der Waals surface area contributed by atoms with Crippen LogP contribution in [0.25, 0.3) is 0 Å². The molecule has 1 rings (SSSR count). The first-order valence-electron chi connectivity index (χ1n) is 6.94. The van der Waals surface area contributed by atoms with Crippen molar-refractivity contribution in [3.05, 3.63) is 0 Å². The summed E-state index contributed by atoms with van der Waals surface area (Å²) in [7, 11) is -3.12. The van der Waals surface area contributed by atoms with E-state index in [0.717, 1.165) is 12.8 Å². The van der Waals surface area contributed by atoms with Crippen LogP contribution in [0.2, 0.25) is 0 Å². The molecule has 2 unspecified atom stereocenters. The van der Waals surface area contributed by atoms with Crippen LogP contribution in [-0.2, 0) is 14.8 Å². The molecule has 1 aliphatic heterocycles. The molecule has 0 aromatic heterocycles. The highest BCUT2D eigenvalue weighted by atomic mass is 32.2. The van der Waals surface area contributed by atoms with Gasteiger partial charge in [-0.2, -0.15) is 0 Å². The molecule has 1 N–H and O–H groups in total. The summed E-state index contributed by atoms with van der Waals surface area (Å²) in [5, 5.41) is 10.3. The zero-order valence-corrected chi connectivity index (χ0v) is 13.2. The lowest BCUT2D eigenvalue weighted by Crippen LogP contribution is -2.44. The second-order valence-corrected chi connectivity index (χ2v) is 7.90. The Morgan fingerprint density at radius 2 is 2.11 bits per heavy atom. The molecule has 1 heterocycles. The average molecular weight is 293 g/mol. The fourth-order valence-corrected chi connectivity index (χ4v) is 3.53. The fourth-order valence-electron chi connectivity index (χ4n) is 2.59. The van der Waals surface area contributed by atoms with E-state index in [1.54, 1.807) is 0 Å². The molecule has 114 valence electrons. The summed E-state index contributed by atoms with van der Waals surface area (Å²) in [5.41, 5.74) is -0.581. The largest absolute Gasteiger partial charge is 0.390 e. The molecule has 0 spiro atoms. The minimum atomic E-state index is -3.12. The van der Waals surface area contributed by atoms with Crippen LogP contribution in [0.5, 0.6) is 0 Å². The summed E-state index contributed by atoms with van der Waals surface area (Å²) in [5.74, 6) is 0.207. The van der Waals surface area contributed by atoms with E-state index in [9.17, 15) is 13.5 Å². The quantitative estimate of drug-likeness (QED) is 0.800. The van der Waals surface area contributed by atoms with Gasteiger partial charge < -0.3 is 9.84 Å². The maximum absolute atomic E-state index is 11.6. The summed E-state index contributed by atoms with van der Waals surface area (Å²) in [6.07, 6.45) is 3.08. The molecular formula is C13H27NO4S. The van der Waals surface area contributed by atoms with Crippen LogP contribution in [0.1, 0.15) is 40.0 Å². The minimum absolute atomic E-state index is 0.207. The van der Waals surface area contributed by atoms with E-state index in [-0.39, 0.29) is 5.92 Å². The smallest absolute Gasteiger partial charge is 0.211 e. The third-order valence-electron chi connectivity index (χ3n) is 3.83. The third-order valence-corrected chi connectivity index (χ3v) is 5.10. The Morgan fingerprint density at radius 3 is 2.63 bits per heavy atom. The molecule has 1 saturated heterocycles. The van der Waals surface area contributed by atoms with Crippen molar-refractivity contribution in [2.45, 2.75) is 51.7 Å². The van der Waals surface area contributed by atoms with E-state index >= 15 is 0 Å². The molecule has 2 atom stereocenters. The summed E-state index contributed by atoms with van der Waals surface area (Å²) in [6.45, 7) is 7.32.